The summed E-state index contributed by atoms with van der Waals surface area (Å²) in [6, 6.07) is 9.76. The maximum absolute atomic E-state index is 14.5. The first-order valence-corrected chi connectivity index (χ1v) is 32.2. The van der Waals surface area contributed by atoms with E-state index in [9.17, 15) is 9.59 Å². The van der Waals surface area contributed by atoms with Crippen molar-refractivity contribution in [2.24, 2.45) is 22.7 Å². The van der Waals surface area contributed by atoms with E-state index < -0.39 is 0 Å². The predicted octanol–water partition coefficient (Wildman–Crippen LogP) is 18.2. The van der Waals surface area contributed by atoms with Crippen molar-refractivity contribution in [1.82, 2.24) is 4.90 Å². The van der Waals surface area contributed by atoms with Crippen molar-refractivity contribution in [3.05, 3.63) is 44.7 Å². The van der Waals surface area contributed by atoms with Gasteiger partial charge in [-0.2, -0.15) is 0 Å². The molecule has 3 nitrogen and oxygen atoms in total. The van der Waals surface area contributed by atoms with E-state index in [-0.39, 0.29) is 51.7 Å². The molecule has 0 spiro atoms. The minimum absolute atomic E-state index is 0.0326. The monoisotopic (exact) mass is 1080 g/mol. The van der Waals surface area contributed by atoms with Crippen molar-refractivity contribution in [3.63, 3.8) is 0 Å². The van der Waals surface area contributed by atoms with Gasteiger partial charge in [0.2, 0.25) is 0 Å². The normalized spacial score (nSPS) is 14.7. The van der Waals surface area contributed by atoms with E-state index in [1.807, 2.05) is 22.7 Å². The fourth-order valence-corrected chi connectivity index (χ4v) is 21.2. The fourth-order valence-electron chi connectivity index (χ4n) is 10.0. The minimum atomic E-state index is -0.0820. The van der Waals surface area contributed by atoms with Gasteiger partial charge in [-0.1, -0.05) is 51.9 Å². The first-order chi connectivity index (χ1) is 31.1. The van der Waals surface area contributed by atoms with Crippen molar-refractivity contribution in [1.29, 1.82) is 0 Å². The third-order valence-corrected chi connectivity index (χ3v) is 24.4. The second-order valence-corrected chi connectivity index (χ2v) is 30.4. The Morgan fingerprint density at radius 2 is 1.03 bits per heavy atom. The van der Waals surface area contributed by atoms with E-state index in [4.69, 9.17) is 0 Å². The van der Waals surface area contributed by atoms with Crippen LogP contribution in [0.15, 0.2) is 34.1 Å². The Balaban J connectivity index is 1.17. The van der Waals surface area contributed by atoms with Gasteiger partial charge in [-0.3, -0.25) is 0 Å². The van der Waals surface area contributed by atoms with E-state index in [0.717, 1.165) is 44.0 Å². The summed E-state index contributed by atoms with van der Waals surface area (Å²) < 4.78 is 7.87. The van der Waals surface area contributed by atoms with E-state index in [1.54, 1.807) is 4.90 Å². The van der Waals surface area contributed by atoms with Gasteiger partial charge in [0, 0.05) is 0 Å². The summed E-state index contributed by atoms with van der Waals surface area (Å²) in [6.45, 7) is 26.4. The van der Waals surface area contributed by atoms with Crippen molar-refractivity contribution in [3.8, 4) is 9.31 Å². The van der Waals surface area contributed by atoms with E-state index in [1.165, 1.54) is 149 Å². The average Bonchev–Trinajstić information content (AvgIpc) is 4.08. The third kappa shape index (κ3) is 11.7. The van der Waals surface area contributed by atoms with E-state index in [2.05, 4.69) is 124 Å². The molecule has 1 aliphatic heterocycles. The molecule has 5 heterocycles. The molecule has 0 saturated carbocycles. The number of hydrogen-bond donors (Lipinski definition) is 0. The molecule has 2 aromatic carbocycles. The number of benzene rings is 2. The SMILES string of the molecule is CCCCCCCCCCCCCCCCN1C(=O)c2c(c3[se]c(-c4cc5c(SCC(CC)C(C)(C)C)c6sc(C)cc6c(SCC(CC)C(C)(C)C)c5s4)cc3c3cc(C)[se]c23)C1=O. The molecule has 6 aromatic rings. The topological polar surface area (TPSA) is 37.4 Å². The molecule has 0 aliphatic carbocycles. The summed E-state index contributed by atoms with van der Waals surface area (Å²) in [6.07, 6.45) is 20.5. The molecule has 4 aromatic heterocycles. The number of hydrogen-bond acceptors (Lipinski definition) is 6. The number of amides is 2. The quantitative estimate of drug-likeness (QED) is 0.0262. The van der Waals surface area contributed by atoms with Gasteiger partial charge in [-0.05, 0) is 0 Å². The summed E-state index contributed by atoms with van der Waals surface area (Å²) in [5, 5.41) is 5.28. The maximum atomic E-state index is 14.5. The summed E-state index contributed by atoms with van der Waals surface area (Å²) >= 11 is 8.11. The van der Waals surface area contributed by atoms with Crippen molar-refractivity contribution in [2.45, 2.75) is 189 Å². The van der Waals surface area contributed by atoms with Crippen LogP contribution in [0, 0.1) is 36.5 Å². The van der Waals surface area contributed by atoms with Crippen LogP contribution in [0.1, 0.15) is 195 Å². The average molecular weight is 1080 g/mol. The molecule has 354 valence electrons. The Kier molecular flexibility index (Phi) is 18.0. The van der Waals surface area contributed by atoms with Crippen LogP contribution in [0.4, 0.5) is 0 Å². The van der Waals surface area contributed by atoms with E-state index >= 15 is 0 Å². The van der Waals surface area contributed by atoms with Crippen LogP contribution in [-0.2, 0) is 0 Å². The van der Waals surface area contributed by atoms with Gasteiger partial charge in [0.15, 0.2) is 0 Å². The molecule has 0 saturated heterocycles. The molecule has 0 radical (unpaired) electrons. The molecule has 0 fully saturated rings. The number of thioether (sulfide) groups is 2. The number of unbranched alkanes of at least 4 members (excludes halogenated alkanes) is 13. The number of rotatable bonds is 24. The van der Waals surface area contributed by atoms with Crippen molar-refractivity contribution in [2.75, 3.05) is 18.1 Å². The summed E-state index contributed by atoms with van der Waals surface area (Å²) in [5.74, 6) is 3.39. The van der Waals surface area contributed by atoms with E-state index in [0.29, 0.717) is 18.4 Å². The fraction of sp³-hybridized carbons (Fsp3) is 0.607. The van der Waals surface area contributed by atoms with Crippen LogP contribution in [0.5, 0.6) is 0 Å². The second-order valence-electron chi connectivity index (χ2n) is 21.2. The Hall–Kier alpha value is -1.28. The predicted molar refractivity (Wildman–Crippen MR) is 295 cm³/mol. The molecule has 0 N–H and O–H groups in total. The second kappa shape index (κ2) is 22.6. The van der Waals surface area contributed by atoms with Gasteiger partial charge in [0.25, 0.3) is 0 Å². The Morgan fingerprint density at radius 3 is 1.54 bits per heavy atom. The first-order valence-electron chi connectivity index (χ1n) is 25.2. The van der Waals surface area contributed by atoms with Gasteiger partial charge in [-0.15, -0.1) is 0 Å². The molecule has 9 heteroatoms. The molecular formula is C56H77NO2S4Se2. The standard InChI is InChI=1S/C56H77NO2S4Se2/c1-12-15-16-17-18-19-20-21-22-23-24-25-26-27-28-57-53(58)45-46(54(57)59)52-40(39-30-36(5)64-51(39)45)32-44(65-52)43-31-42-48(61-34-38(14-3)56(9,10)11)49-41(29-35(4)62-49)47(50(42)63-43)60-33-37(13-2)55(6,7)8/h29-32,37-38H,12-28,33-34H2,1-11H3. The number of carbonyl (C=O) groups is 2. The molecule has 65 heavy (non-hydrogen) atoms. The van der Waals surface area contributed by atoms with Crippen LogP contribution >= 0.6 is 46.2 Å². The molecule has 1 aliphatic rings. The molecule has 7 rings (SSSR count). The number of thiophene rings is 2. The number of fused-ring (bicyclic) bond motifs is 8. The van der Waals surface area contributed by atoms with Crippen LogP contribution in [-0.4, -0.2) is 63.8 Å². The third-order valence-electron chi connectivity index (χ3n) is 14.3. The summed E-state index contributed by atoms with van der Waals surface area (Å²) in [5.41, 5.74) is 2.00. The van der Waals surface area contributed by atoms with Crippen LogP contribution < -0.4 is 0 Å². The Morgan fingerprint density at radius 1 is 0.569 bits per heavy atom. The van der Waals surface area contributed by atoms with Gasteiger partial charge < -0.3 is 0 Å². The van der Waals surface area contributed by atoms with Crippen LogP contribution in [0.2, 0.25) is 0 Å². The first kappa shape index (κ1) is 51.6. The molecule has 2 unspecified atom stereocenters. The Labute approximate surface area is 420 Å². The number of carbonyl (C=O) groups excluding carboxylic acids is 2. The van der Waals surface area contributed by atoms with Gasteiger partial charge in [0.1, 0.15) is 0 Å². The number of nitrogens with zero attached hydrogens (tertiary/aromatic N) is 1. The van der Waals surface area contributed by atoms with Gasteiger partial charge in [0.05, 0.1) is 0 Å². The zero-order valence-corrected chi connectivity index (χ0v) is 48.3. The molecule has 0 bridgehead atoms. The summed E-state index contributed by atoms with van der Waals surface area (Å²) in [7, 11) is 0. The molecule has 2 amide bonds. The van der Waals surface area contributed by atoms with Crippen LogP contribution in [0.3, 0.4) is 0 Å². The number of aryl methyl sites for hydroxylation is 2. The van der Waals surface area contributed by atoms with Gasteiger partial charge in [-0.25, -0.2) is 0 Å². The Bertz CT molecular complexity index is 2510. The molecule has 2 atom stereocenters. The van der Waals surface area contributed by atoms with Crippen molar-refractivity contribution < 1.29 is 9.59 Å². The number of imide groups is 1. The molecular weight excluding hydrogens is 1000 g/mol. The van der Waals surface area contributed by atoms with Crippen molar-refractivity contribution >= 4 is 126 Å². The summed E-state index contributed by atoms with van der Waals surface area (Å²) in [4.78, 5) is 36.2. The van der Waals surface area contributed by atoms with Crippen LogP contribution in [0.25, 0.3) is 48.8 Å². The zero-order chi connectivity index (χ0) is 46.6. The van der Waals surface area contributed by atoms with Gasteiger partial charge >= 0.3 is 373 Å². The zero-order valence-electron chi connectivity index (χ0n) is 41.6.